The van der Waals surface area contributed by atoms with Crippen LogP contribution in [-0.2, 0) is 4.79 Å². The first-order chi connectivity index (χ1) is 12.7. The third-order valence-electron chi connectivity index (χ3n) is 4.07. The predicted molar refractivity (Wildman–Crippen MR) is 109 cm³/mol. The quantitative estimate of drug-likeness (QED) is 0.420. The van der Waals surface area contributed by atoms with Crippen molar-refractivity contribution in [3.8, 4) is 0 Å². The Kier molecular flexibility index (Phi) is 8.76. The number of hydrogen-bond donors (Lipinski definition) is 3. The molecular weight excluding hydrogens is 344 g/mol. The summed E-state index contributed by atoms with van der Waals surface area (Å²) in [5.41, 5.74) is 1.45. The van der Waals surface area contributed by atoms with Crippen LogP contribution in [0.5, 0.6) is 0 Å². The van der Waals surface area contributed by atoms with Gasteiger partial charge in [0.2, 0.25) is 5.91 Å². The van der Waals surface area contributed by atoms with E-state index in [0.29, 0.717) is 23.4 Å². The molecule has 138 valence electrons. The van der Waals surface area contributed by atoms with Crippen molar-refractivity contribution < 1.29 is 9.59 Å². The van der Waals surface area contributed by atoms with E-state index in [1.54, 1.807) is 6.07 Å². The van der Waals surface area contributed by atoms with E-state index in [2.05, 4.69) is 23.3 Å². The maximum atomic E-state index is 12.0. The standard InChI is InChI=1S/C21H26N2O2S/c24-20(23-17-11-5-4-6-12-17)15-7-2-1-3-10-16-22-21(25)18-13-8-9-14-19(18)26/h4-6,8-9,11-14,26H,1-3,7,10,15-16H2,(H,22,25)(H,23,24). The molecule has 0 fully saturated rings. The van der Waals surface area contributed by atoms with Crippen LogP contribution >= 0.6 is 12.6 Å². The van der Waals surface area contributed by atoms with Gasteiger partial charge in [-0.3, -0.25) is 9.59 Å². The van der Waals surface area contributed by atoms with Crippen LogP contribution in [0.2, 0.25) is 0 Å². The number of para-hydroxylation sites is 1. The van der Waals surface area contributed by atoms with E-state index in [1.807, 2.05) is 48.5 Å². The number of nitrogens with one attached hydrogen (secondary N) is 2. The molecule has 0 atom stereocenters. The first-order valence-electron chi connectivity index (χ1n) is 9.08. The summed E-state index contributed by atoms with van der Waals surface area (Å²) in [6.45, 7) is 0.662. The zero-order chi connectivity index (χ0) is 18.6. The number of unbranched alkanes of at least 4 members (excludes halogenated alkanes) is 4. The number of carbonyl (C=O) groups is 2. The van der Waals surface area contributed by atoms with Gasteiger partial charge in [-0.15, -0.1) is 12.6 Å². The van der Waals surface area contributed by atoms with E-state index in [1.165, 1.54) is 0 Å². The normalized spacial score (nSPS) is 10.3. The lowest BCUT2D eigenvalue weighted by atomic mass is 10.1. The lowest BCUT2D eigenvalue weighted by Crippen LogP contribution is -2.24. The summed E-state index contributed by atoms with van der Waals surface area (Å²) < 4.78 is 0. The van der Waals surface area contributed by atoms with E-state index in [9.17, 15) is 9.59 Å². The van der Waals surface area contributed by atoms with E-state index < -0.39 is 0 Å². The highest BCUT2D eigenvalue weighted by atomic mass is 32.1. The van der Waals surface area contributed by atoms with Gasteiger partial charge in [-0.2, -0.15) is 0 Å². The Hall–Kier alpha value is -2.27. The molecule has 4 nitrogen and oxygen atoms in total. The van der Waals surface area contributed by atoms with E-state index in [4.69, 9.17) is 0 Å². The average Bonchev–Trinajstić information content (AvgIpc) is 2.65. The van der Waals surface area contributed by atoms with E-state index in [0.717, 1.165) is 37.8 Å². The van der Waals surface area contributed by atoms with Crippen molar-refractivity contribution in [2.75, 3.05) is 11.9 Å². The molecule has 5 heteroatoms. The van der Waals surface area contributed by atoms with Crippen molar-refractivity contribution in [1.82, 2.24) is 5.32 Å². The van der Waals surface area contributed by atoms with E-state index in [-0.39, 0.29) is 11.8 Å². The fraction of sp³-hybridized carbons (Fsp3) is 0.333. The van der Waals surface area contributed by atoms with Gasteiger partial charge in [0, 0.05) is 23.5 Å². The summed E-state index contributed by atoms with van der Waals surface area (Å²) in [6.07, 6.45) is 5.51. The predicted octanol–water partition coefficient (Wildman–Crippen LogP) is 4.68. The Morgan fingerprint density at radius 2 is 1.46 bits per heavy atom. The van der Waals surface area contributed by atoms with Crippen molar-refractivity contribution in [1.29, 1.82) is 0 Å². The van der Waals surface area contributed by atoms with Gasteiger partial charge in [0.15, 0.2) is 0 Å². The zero-order valence-corrected chi connectivity index (χ0v) is 15.8. The molecule has 0 aromatic heterocycles. The minimum Gasteiger partial charge on any atom is -0.352 e. The molecule has 0 bridgehead atoms. The third kappa shape index (κ3) is 7.31. The second-order valence-electron chi connectivity index (χ2n) is 6.21. The molecule has 0 aliphatic rings. The number of rotatable bonds is 10. The first-order valence-corrected chi connectivity index (χ1v) is 9.52. The summed E-state index contributed by atoms with van der Waals surface area (Å²) in [5, 5.41) is 5.82. The molecule has 26 heavy (non-hydrogen) atoms. The second-order valence-corrected chi connectivity index (χ2v) is 6.69. The molecule has 0 aliphatic heterocycles. The average molecular weight is 371 g/mol. The smallest absolute Gasteiger partial charge is 0.252 e. The van der Waals surface area contributed by atoms with Gasteiger partial charge in [-0.05, 0) is 37.1 Å². The van der Waals surface area contributed by atoms with Crippen LogP contribution in [0.4, 0.5) is 5.69 Å². The van der Waals surface area contributed by atoms with Crippen LogP contribution in [0.25, 0.3) is 0 Å². The largest absolute Gasteiger partial charge is 0.352 e. The molecule has 0 heterocycles. The summed E-state index contributed by atoms with van der Waals surface area (Å²) in [4.78, 5) is 24.5. The minimum absolute atomic E-state index is 0.0638. The molecule has 0 saturated heterocycles. The van der Waals surface area contributed by atoms with Crippen LogP contribution in [-0.4, -0.2) is 18.4 Å². The summed E-state index contributed by atoms with van der Waals surface area (Å²) in [5.74, 6) is -0.0120. The highest BCUT2D eigenvalue weighted by molar-refractivity contribution is 7.80. The van der Waals surface area contributed by atoms with Crippen LogP contribution in [0.3, 0.4) is 0 Å². The minimum atomic E-state index is -0.0758. The van der Waals surface area contributed by atoms with Crippen LogP contribution in [0.1, 0.15) is 48.9 Å². The lowest BCUT2D eigenvalue weighted by Gasteiger charge is -2.07. The third-order valence-corrected chi connectivity index (χ3v) is 4.46. The van der Waals surface area contributed by atoms with Crippen molar-refractivity contribution in [3.05, 3.63) is 60.2 Å². The van der Waals surface area contributed by atoms with Gasteiger partial charge < -0.3 is 10.6 Å². The van der Waals surface area contributed by atoms with Gasteiger partial charge >= 0.3 is 0 Å². The van der Waals surface area contributed by atoms with Gasteiger partial charge in [0.05, 0.1) is 5.56 Å². The number of anilines is 1. The number of amides is 2. The molecule has 2 N–H and O–H groups in total. The highest BCUT2D eigenvalue weighted by Crippen LogP contribution is 2.13. The fourth-order valence-corrected chi connectivity index (χ4v) is 2.91. The van der Waals surface area contributed by atoms with Crippen LogP contribution in [0, 0.1) is 0 Å². The Balaban J connectivity index is 1.49. The van der Waals surface area contributed by atoms with Gasteiger partial charge in [0.25, 0.3) is 5.91 Å². The molecule has 0 saturated carbocycles. The Morgan fingerprint density at radius 3 is 2.23 bits per heavy atom. The summed E-state index contributed by atoms with van der Waals surface area (Å²) in [6, 6.07) is 16.8. The summed E-state index contributed by atoms with van der Waals surface area (Å²) in [7, 11) is 0. The second kappa shape index (κ2) is 11.4. The lowest BCUT2D eigenvalue weighted by molar-refractivity contribution is -0.116. The maximum Gasteiger partial charge on any atom is 0.252 e. The molecule has 0 unspecified atom stereocenters. The molecule has 2 aromatic rings. The topological polar surface area (TPSA) is 58.2 Å². The Bertz CT molecular complexity index is 704. The Morgan fingerprint density at radius 1 is 0.808 bits per heavy atom. The molecule has 0 radical (unpaired) electrons. The molecular formula is C21H26N2O2S. The van der Waals surface area contributed by atoms with Crippen LogP contribution < -0.4 is 10.6 Å². The van der Waals surface area contributed by atoms with Crippen molar-refractivity contribution in [2.45, 2.75) is 43.4 Å². The molecule has 2 amide bonds. The molecule has 0 spiro atoms. The van der Waals surface area contributed by atoms with Gasteiger partial charge in [-0.25, -0.2) is 0 Å². The molecule has 2 rings (SSSR count). The number of thiol groups is 1. The monoisotopic (exact) mass is 370 g/mol. The zero-order valence-electron chi connectivity index (χ0n) is 14.9. The number of carbonyl (C=O) groups excluding carboxylic acids is 2. The number of hydrogen-bond acceptors (Lipinski definition) is 3. The first kappa shape index (κ1) is 20.0. The van der Waals surface area contributed by atoms with Crippen LogP contribution in [0.15, 0.2) is 59.5 Å². The Labute approximate surface area is 160 Å². The fourth-order valence-electron chi connectivity index (χ4n) is 2.65. The molecule has 0 aliphatic carbocycles. The molecule has 2 aromatic carbocycles. The van der Waals surface area contributed by atoms with Gasteiger partial charge in [0.1, 0.15) is 0 Å². The SMILES string of the molecule is O=C(CCCCCCCNC(=O)c1ccccc1S)Nc1ccccc1. The highest BCUT2D eigenvalue weighted by Gasteiger charge is 2.07. The summed E-state index contributed by atoms with van der Waals surface area (Å²) >= 11 is 4.29. The van der Waals surface area contributed by atoms with Crippen molar-refractivity contribution in [3.63, 3.8) is 0 Å². The van der Waals surface area contributed by atoms with Gasteiger partial charge in [-0.1, -0.05) is 49.6 Å². The number of benzene rings is 2. The van der Waals surface area contributed by atoms with E-state index >= 15 is 0 Å². The maximum absolute atomic E-state index is 12.0. The van der Waals surface area contributed by atoms with Crippen molar-refractivity contribution in [2.24, 2.45) is 0 Å². The van der Waals surface area contributed by atoms with Crippen molar-refractivity contribution >= 4 is 30.1 Å².